The second kappa shape index (κ2) is 6.55. The molecule has 1 spiro atoms. The number of hydrogen-bond acceptors (Lipinski definition) is 4. The summed E-state index contributed by atoms with van der Waals surface area (Å²) in [6, 6.07) is 14.3. The van der Waals surface area contributed by atoms with Crippen molar-refractivity contribution < 1.29 is 14.0 Å². The van der Waals surface area contributed by atoms with Gasteiger partial charge in [0, 0.05) is 18.7 Å². The fraction of sp³-hybridized carbons (Fsp3) is 0.292. The van der Waals surface area contributed by atoms with Crippen LogP contribution in [0, 0.1) is 0 Å². The quantitative estimate of drug-likeness (QED) is 0.668. The standard InChI is InChI=1S/C24H22N2O4/c1-3-13-25-17-11-7-6-10-16(17)24(23(25)29)19-20(27)15-9-5-8-12-18(15)30-21(19)22(28)26(24)14-4-2/h5-12H,3-4,13-14H2,1-2H3/t24-/m0/s1. The Morgan fingerprint density at radius 3 is 2.37 bits per heavy atom. The van der Waals surface area contributed by atoms with Crippen LogP contribution in [0.4, 0.5) is 5.69 Å². The number of anilines is 1. The summed E-state index contributed by atoms with van der Waals surface area (Å²) < 4.78 is 5.96. The molecule has 0 radical (unpaired) electrons. The zero-order valence-electron chi connectivity index (χ0n) is 17.0. The van der Waals surface area contributed by atoms with Gasteiger partial charge in [-0.05, 0) is 31.0 Å². The number of fused-ring (bicyclic) bond motifs is 5. The second-order valence-corrected chi connectivity index (χ2v) is 7.77. The summed E-state index contributed by atoms with van der Waals surface area (Å²) in [7, 11) is 0. The van der Waals surface area contributed by atoms with E-state index in [-0.39, 0.29) is 22.7 Å². The van der Waals surface area contributed by atoms with Gasteiger partial charge in [-0.3, -0.25) is 14.4 Å². The van der Waals surface area contributed by atoms with E-state index in [0.717, 1.165) is 12.1 Å². The topological polar surface area (TPSA) is 70.8 Å². The average Bonchev–Trinajstić information content (AvgIpc) is 3.15. The van der Waals surface area contributed by atoms with Gasteiger partial charge in [0.1, 0.15) is 5.58 Å². The van der Waals surface area contributed by atoms with Gasteiger partial charge in [0.05, 0.1) is 16.6 Å². The van der Waals surface area contributed by atoms with E-state index >= 15 is 0 Å². The molecule has 0 aliphatic carbocycles. The molecule has 5 rings (SSSR count). The van der Waals surface area contributed by atoms with E-state index in [0.29, 0.717) is 36.0 Å². The van der Waals surface area contributed by atoms with Gasteiger partial charge < -0.3 is 14.2 Å². The van der Waals surface area contributed by atoms with E-state index in [1.165, 1.54) is 4.90 Å². The molecule has 3 heterocycles. The van der Waals surface area contributed by atoms with Crippen LogP contribution in [0.2, 0.25) is 0 Å². The Morgan fingerprint density at radius 1 is 0.900 bits per heavy atom. The van der Waals surface area contributed by atoms with Crippen LogP contribution in [0.3, 0.4) is 0 Å². The van der Waals surface area contributed by atoms with Crippen LogP contribution in [0.15, 0.2) is 57.7 Å². The number of carbonyl (C=O) groups is 2. The Labute approximate surface area is 173 Å². The van der Waals surface area contributed by atoms with Crippen molar-refractivity contribution in [2.24, 2.45) is 0 Å². The Hall–Kier alpha value is -3.41. The summed E-state index contributed by atoms with van der Waals surface area (Å²) in [5.74, 6) is -0.682. The molecule has 6 heteroatoms. The van der Waals surface area contributed by atoms with Crippen molar-refractivity contribution in [3.8, 4) is 0 Å². The minimum absolute atomic E-state index is 0.0198. The first-order chi connectivity index (χ1) is 14.6. The Morgan fingerprint density at radius 2 is 1.60 bits per heavy atom. The molecule has 152 valence electrons. The lowest BCUT2D eigenvalue weighted by atomic mass is 9.84. The zero-order chi connectivity index (χ0) is 21.0. The summed E-state index contributed by atoms with van der Waals surface area (Å²) in [5.41, 5.74) is 0.132. The van der Waals surface area contributed by atoms with Gasteiger partial charge in [-0.25, -0.2) is 0 Å². The third kappa shape index (κ3) is 2.11. The monoisotopic (exact) mass is 402 g/mol. The second-order valence-electron chi connectivity index (χ2n) is 7.77. The van der Waals surface area contributed by atoms with Crippen molar-refractivity contribution in [2.45, 2.75) is 32.2 Å². The zero-order valence-corrected chi connectivity index (χ0v) is 17.0. The highest BCUT2D eigenvalue weighted by molar-refractivity contribution is 6.17. The van der Waals surface area contributed by atoms with Gasteiger partial charge in [0.15, 0.2) is 11.0 Å². The number of rotatable bonds is 4. The van der Waals surface area contributed by atoms with E-state index in [2.05, 4.69) is 0 Å². The van der Waals surface area contributed by atoms with Crippen molar-refractivity contribution in [3.05, 3.63) is 75.6 Å². The van der Waals surface area contributed by atoms with E-state index < -0.39 is 11.4 Å². The molecule has 0 bridgehead atoms. The molecule has 1 atom stereocenters. The van der Waals surface area contributed by atoms with E-state index in [4.69, 9.17) is 4.42 Å². The highest BCUT2D eigenvalue weighted by Crippen LogP contribution is 2.52. The maximum Gasteiger partial charge on any atom is 0.291 e. The molecule has 0 N–H and O–H groups in total. The largest absolute Gasteiger partial charge is 0.450 e. The van der Waals surface area contributed by atoms with Gasteiger partial charge in [0.25, 0.3) is 11.8 Å². The van der Waals surface area contributed by atoms with Gasteiger partial charge >= 0.3 is 0 Å². The van der Waals surface area contributed by atoms with E-state index in [1.54, 1.807) is 29.2 Å². The summed E-state index contributed by atoms with van der Waals surface area (Å²) in [5, 5.41) is 0.376. The van der Waals surface area contributed by atoms with Crippen LogP contribution in [-0.4, -0.2) is 29.8 Å². The fourth-order valence-corrected chi connectivity index (χ4v) is 4.91. The van der Waals surface area contributed by atoms with Gasteiger partial charge in [-0.1, -0.05) is 44.2 Å². The molecular formula is C24H22N2O4. The molecule has 30 heavy (non-hydrogen) atoms. The SMILES string of the molecule is CCCN1C(=O)[C@]2(c3ccccc31)c1c(oc3ccccc3c1=O)C(=O)N2CCC. The first kappa shape index (κ1) is 18.6. The van der Waals surface area contributed by atoms with Crippen LogP contribution >= 0.6 is 0 Å². The normalized spacial score (nSPS) is 19.8. The molecule has 2 aromatic carbocycles. The van der Waals surface area contributed by atoms with Crippen molar-refractivity contribution in [1.29, 1.82) is 0 Å². The van der Waals surface area contributed by atoms with Crippen LogP contribution in [0.1, 0.15) is 48.4 Å². The molecule has 0 unspecified atom stereocenters. The number of nitrogens with zero attached hydrogens (tertiary/aromatic N) is 2. The maximum atomic E-state index is 14.0. The van der Waals surface area contributed by atoms with Crippen LogP contribution in [0.25, 0.3) is 11.0 Å². The van der Waals surface area contributed by atoms with E-state index in [9.17, 15) is 14.4 Å². The first-order valence-corrected chi connectivity index (χ1v) is 10.4. The Bertz CT molecular complexity index is 1260. The molecule has 0 saturated carbocycles. The molecule has 0 saturated heterocycles. The summed E-state index contributed by atoms with van der Waals surface area (Å²) >= 11 is 0. The maximum absolute atomic E-state index is 14.0. The van der Waals surface area contributed by atoms with Crippen LogP contribution in [0.5, 0.6) is 0 Å². The number of hydrogen-bond donors (Lipinski definition) is 0. The minimum atomic E-state index is -1.47. The minimum Gasteiger partial charge on any atom is -0.450 e. The van der Waals surface area contributed by atoms with Crippen LogP contribution in [-0.2, 0) is 10.3 Å². The number of amides is 2. The molecular weight excluding hydrogens is 380 g/mol. The third-order valence-corrected chi connectivity index (χ3v) is 6.04. The lowest BCUT2D eigenvalue weighted by Crippen LogP contribution is -2.53. The summed E-state index contributed by atoms with van der Waals surface area (Å²) in [6.07, 6.45) is 1.41. The first-order valence-electron chi connectivity index (χ1n) is 10.4. The predicted molar refractivity (Wildman–Crippen MR) is 114 cm³/mol. The Balaban J connectivity index is 1.93. The molecule has 6 nitrogen and oxygen atoms in total. The lowest BCUT2D eigenvalue weighted by Gasteiger charge is -2.34. The predicted octanol–water partition coefficient (Wildman–Crippen LogP) is 3.66. The molecule has 2 amide bonds. The van der Waals surface area contributed by atoms with E-state index in [1.807, 2.05) is 38.1 Å². The number of para-hydroxylation sites is 2. The van der Waals surface area contributed by atoms with Crippen LogP contribution < -0.4 is 10.3 Å². The van der Waals surface area contributed by atoms with Crippen molar-refractivity contribution >= 4 is 28.5 Å². The summed E-state index contributed by atoms with van der Waals surface area (Å²) in [4.78, 5) is 44.4. The van der Waals surface area contributed by atoms with Gasteiger partial charge in [-0.15, -0.1) is 0 Å². The highest BCUT2D eigenvalue weighted by atomic mass is 16.3. The smallest absolute Gasteiger partial charge is 0.291 e. The molecule has 1 aromatic heterocycles. The van der Waals surface area contributed by atoms with Crippen molar-refractivity contribution in [1.82, 2.24) is 4.90 Å². The summed E-state index contributed by atoms with van der Waals surface area (Å²) in [6.45, 7) is 4.81. The molecule has 0 fully saturated rings. The third-order valence-electron chi connectivity index (χ3n) is 6.04. The highest BCUT2D eigenvalue weighted by Gasteiger charge is 2.64. The van der Waals surface area contributed by atoms with Gasteiger partial charge in [0.2, 0.25) is 5.76 Å². The lowest BCUT2D eigenvalue weighted by molar-refractivity contribution is -0.126. The molecule has 3 aromatic rings. The number of carbonyl (C=O) groups excluding carboxylic acids is 2. The average molecular weight is 402 g/mol. The van der Waals surface area contributed by atoms with Gasteiger partial charge in [-0.2, -0.15) is 0 Å². The Kier molecular flexibility index (Phi) is 4.07. The van der Waals surface area contributed by atoms with Crippen molar-refractivity contribution in [3.63, 3.8) is 0 Å². The molecule has 2 aliphatic heterocycles. The van der Waals surface area contributed by atoms with Crippen molar-refractivity contribution in [2.75, 3.05) is 18.0 Å². The fourth-order valence-electron chi connectivity index (χ4n) is 4.91. The molecule has 2 aliphatic rings. The number of benzene rings is 2.